The number of carbonyl (C=O) groups is 1. The predicted molar refractivity (Wildman–Crippen MR) is 62.2 cm³/mol. The zero-order chi connectivity index (χ0) is 11.3. The van der Waals surface area contributed by atoms with Gasteiger partial charge >= 0.3 is 0 Å². The minimum Gasteiger partial charge on any atom is -0.588 e. The summed E-state index contributed by atoms with van der Waals surface area (Å²) in [6, 6.07) is 0. The Balaban J connectivity index is 2.74. The third-order valence-corrected chi connectivity index (χ3v) is 3.52. The predicted octanol–water partition coefficient (Wildman–Crippen LogP) is 1.92. The number of rotatable bonds is 4. The Morgan fingerprint density at radius 3 is 2.93 bits per heavy atom. The van der Waals surface area contributed by atoms with Crippen molar-refractivity contribution in [3.63, 3.8) is 0 Å². The first kappa shape index (κ1) is 12.1. The van der Waals surface area contributed by atoms with E-state index in [2.05, 4.69) is 6.58 Å². The molecule has 0 spiro atoms. The summed E-state index contributed by atoms with van der Waals surface area (Å²) in [5.74, 6) is -0.201. The fourth-order valence-corrected chi connectivity index (χ4v) is 2.48. The monoisotopic (exact) mass is 225 g/mol. The largest absolute Gasteiger partial charge is 0.588 e. The number of amides is 1. The first-order valence-corrected chi connectivity index (χ1v) is 5.95. The number of hydrogen-bond acceptors (Lipinski definition) is 2. The highest BCUT2D eigenvalue weighted by Crippen LogP contribution is 2.19. The molecule has 0 bridgehead atoms. The summed E-state index contributed by atoms with van der Waals surface area (Å²) in [4.78, 5) is 12.0. The Bertz CT molecular complexity index is 310. The molecule has 0 saturated carbocycles. The van der Waals surface area contributed by atoms with E-state index in [1.54, 1.807) is 6.08 Å². The van der Waals surface area contributed by atoms with Crippen molar-refractivity contribution in [1.29, 1.82) is 0 Å². The molecule has 1 aliphatic rings. The van der Waals surface area contributed by atoms with Gasteiger partial charge in [-0.2, -0.15) is 4.31 Å². The Kier molecular flexibility index (Phi) is 4.65. The zero-order valence-corrected chi connectivity index (χ0v) is 9.63. The van der Waals surface area contributed by atoms with Crippen LogP contribution in [-0.2, 0) is 16.2 Å². The first-order chi connectivity index (χ1) is 7.16. The van der Waals surface area contributed by atoms with Crippen LogP contribution in [0.15, 0.2) is 35.8 Å². The molecule has 1 atom stereocenters. The van der Waals surface area contributed by atoms with E-state index in [0.717, 1.165) is 12.8 Å². The van der Waals surface area contributed by atoms with E-state index in [1.165, 1.54) is 11.2 Å². The highest BCUT2D eigenvalue weighted by Gasteiger charge is 2.25. The molecule has 1 rings (SSSR count). The topological polar surface area (TPSA) is 43.4 Å². The molecule has 0 N–H and O–H groups in total. The highest BCUT2D eigenvalue weighted by molar-refractivity contribution is 7.93. The second-order valence-electron chi connectivity index (χ2n) is 3.20. The second-order valence-corrected chi connectivity index (χ2v) is 4.61. The summed E-state index contributed by atoms with van der Waals surface area (Å²) < 4.78 is 13.3. The third-order valence-electron chi connectivity index (χ3n) is 2.01. The molecule has 0 aromatic heterocycles. The molecule has 1 aliphatic carbocycles. The van der Waals surface area contributed by atoms with E-state index in [9.17, 15) is 9.35 Å². The van der Waals surface area contributed by atoms with Gasteiger partial charge in [-0.1, -0.05) is 12.2 Å². The van der Waals surface area contributed by atoms with Gasteiger partial charge in [0.1, 0.15) is 11.4 Å². The first-order valence-electron chi connectivity index (χ1n) is 4.84. The summed E-state index contributed by atoms with van der Waals surface area (Å²) in [6.07, 6.45) is 9.14. The van der Waals surface area contributed by atoms with Crippen LogP contribution in [0.25, 0.3) is 0 Å². The maximum Gasteiger partial charge on any atom is 0.261 e. The van der Waals surface area contributed by atoms with Crippen molar-refractivity contribution in [2.45, 2.75) is 19.8 Å². The van der Waals surface area contributed by atoms with Gasteiger partial charge in [0.2, 0.25) is 0 Å². The van der Waals surface area contributed by atoms with Crippen LogP contribution >= 0.6 is 0 Å². The molecule has 3 nitrogen and oxygen atoms in total. The minimum atomic E-state index is -1.39. The Labute approximate surface area is 93.5 Å². The molecular weight excluding hydrogens is 210 g/mol. The van der Waals surface area contributed by atoms with Crippen LogP contribution in [0.2, 0.25) is 0 Å². The number of allylic oxidation sites excluding steroid dienone is 3. The lowest BCUT2D eigenvalue weighted by molar-refractivity contribution is -0.123. The summed E-state index contributed by atoms with van der Waals surface area (Å²) in [5.41, 5.74) is 0. The molecule has 1 amide bonds. The SMILES string of the molecule is C=CCN(C(C)=O)[S+]([O-])C1=CCCC=C1. The lowest BCUT2D eigenvalue weighted by Crippen LogP contribution is -2.35. The number of carbonyl (C=O) groups excluding carboxylic acids is 1. The van der Waals surface area contributed by atoms with E-state index in [4.69, 9.17) is 0 Å². The standard InChI is InChI=1S/C11H15NO2S/c1-3-9-12(10(2)13)15(14)11-7-5-4-6-8-11/h3,5,7-8H,1,4,6,9H2,2H3. The smallest absolute Gasteiger partial charge is 0.261 e. The molecule has 0 saturated heterocycles. The Hall–Kier alpha value is -1.00. The van der Waals surface area contributed by atoms with Crippen LogP contribution in [0.4, 0.5) is 0 Å². The van der Waals surface area contributed by atoms with Crippen LogP contribution in [-0.4, -0.2) is 21.3 Å². The molecule has 4 heteroatoms. The second kappa shape index (κ2) is 5.78. The van der Waals surface area contributed by atoms with E-state index in [-0.39, 0.29) is 5.91 Å². The fourth-order valence-electron chi connectivity index (χ4n) is 1.28. The van der Waals surface area contributed by atoms with Crippen LogP contribution in [0.5, 0.6) is 0 Å². The van der Waals surface area contributed by atoms with Crippen molar-refractivity contribution in [3.05, 3.63) is 35.8 Å². The maximum atomic E-state index is 12.0. The van der Waals surface area contributed by atoms with Crippen molar-refractivity contribution >= 4 is 17.3 Å². The van der Waals surface area contributed by atoms with Gasteiger partial charge in [-0.15, -0.1) is 6.58 Å². The van der Waals surface area contributed by atoms with Gasteiger partial charge in [0.05, 0.1) is 6.54 Å². The maximum absolute atomic E-state index is 12.0. The Morgan fingerprint density at radius 2 is 2.47 bits per heavy atom. The summed E-state index contributed by atoms with van der Waals surface area (Å²) in [5, 5.41) is 0. The van der Waals surface area contributed by atoms with Gasteiger partial charge in [0.25, 0.3) is 5.91 Å². The molecule has 0 heterocycles. The quantitative estimate of drug-likeness (QED) is 0.542. The lowest BCUT2D eigenvalue weighted by atomic mass is 10.2. The van der Waals surface area contributed by atoms with Crippen molar-refractivity contribution in [2.24, 2.45) is 0 Å². The van der Waals surface area contributed by atoms with E-state index < -0.39 is 11.4 Å². The number of hydrogen-bond donors (Lipinski definition) is 0. The molecular formula is C11H15NO2S. The van der Waals surface area contributed by atoms with E-state index in [1.807, 2.05) is 18.2 Å². The summed E-state index contributed by atoms with van der Waals surface area (Å²) in [6.45, 7) is 5.27. The van der Waals surface area contributed by atoms with E-state index in [0.29, 0.717) is 11.4 Å². The molecule has 0 radical (unpaired) electrons. The average molecular weight is 225 g/mol. The van der Waals surface area contributed by atoms with Crippen molar-refractivity contribution in [3.8, 4) is 0 Å². The van der Waals surface area contributed by atoms with Gasteiger partial charge in [-0.3, -0.25) is 4.79 Å². The van der Waals surface area contributed by atoms with Crippen LogP contribution in [0, 0.1) is 0 Å². The molecule has 15 heavy (non-hydrogen) atoms. The van der Waals surface area contributed by atoms with Crippen molar-refractivity contribution in [1.82, 2.24) is 4.31 Å². The highest BCUT2D eigenvalue weighted by atomic mass is 32.2. The van der Waals surface area contributed by atoms with Gasteiger partial charge in [-0.25, -0.2) is 0 Å². The molecule has 0 aromatic rings. The van der Waals surface area contributed by atoms with Crippen LogP contribution in [0.1, 0.15) is 19.8 Å². The lowest BCUT2D eigenvalue weighted by Gasteiger charge is -2.22. The third kappa shape index (κ3) is 3.25. The number of nitrogens with zero attached hydrogens (tertiary/aromatic N) is 1. The molecule has 0 aromatic carbocycles. The zero-order valence-electron chi connectivity index (χ0n) is 8.81. The normalized spacial score (nSPS) is 16.8. The van der Waals surface area contributed by atoms with Gasteiger partial charge < -0.3 is 4.55 Å². The summed E-state index contributed by atoms with van der Waals surface area (Å²) >= 11 is -1.39. The minimum absolute atomic E-state index is 0.201. The van der Waals surface area contributed by atoms with Gasteiger partial charge in [-0.05, 0) is 25.0 Å². The van der Waals surface area contributed by atoms with E-state index >= 15 is 0 Å². The van der Waals surface area contributed by atoms with Crippen molar-refractivity contribution in [2.75, 3.05) is 6.54 Å². The summed E-state index contributed by atoms with van der Waals surface area (Å²) in [7, 11) is 0. The van der Waals surface area contributed by atoms with Crippen LogP contribution < -0.4 is 0 Å². The molecule has 0 fully saturated rings. The molecule has 0 aliphatic heterocycles. The van der Waals surface area contributed by atoms with Crippen molar-refractivity contribution < 1.29 is 9.35 Å². The molecule has 1 unspecified atom stereocenters. The average Bonchev–Trinajstić information content (AvgIpc) is 2.26. The molecule has 82 valence electrons. The van der Waals surface area contributed by atoms with Gasteiger partial charge in [0.15, 0.2) is 4.91 Å². The Morgan fingerprint density at radius 1 is 1.73 bits per heavy atom. The fraction of sp³-hybridized carbons (Fsp3) is 0.364. The van der Waals surface area contributed by atoms with Gasteiger partial charge in [0, 0.05) is 6.92 Å². The van der Waals surface area contributed by atoms with Crippen LogP contribution in [0.3, 0.4) is 0 Å².